The van der Waals surface area contributed by atoms with Crippen molar-refractivity contribution in [2.24, 2.45) is 11.7 Å². The average molecular weight is 354 g/mol. The van der Waals surface area contributed by atoms with Gasteiger partial charge in [0.25, 0.3) is 0 Å². The summed E-state index contributed by atoms with van der Waals surface area (Å²) < 4.78 is 0. The molecule has 5 N–H and O–H groups in total. The Hall–Kier alpha value is -1.08. The number of halogens is 1. The fourth-order valence-electron chi connectivity index (χ4n) is 3.12. The maximum absolute atomic E-state index is 11.6. The smallest absolute Gasteiger partial charge is 0.451 e. The predicted octanol–water partition coefficient (Wildman–Crippen LogP) is 2.56. The molecule has 3 rings (SSSR count). The van der Waals surface area contributed by atoms with E-state index in [1.807, 2.05) is 6.07 Å². The number of carboxylic acids is 1. The molecule has 0 spiro atoms. The molecule has 5 nitrogen and oxygen atoms in total. The van der Waals surface area contributed by atoms with Gasteiger partial charge in [0, 0.05) is 11.6 Å². The van der Waals surface area contributed by atoms with Crippen LogP contribution in [0, 0.1) is 5.92 Å². The Labute approximate surface area is 148 Å². The third-order valence-electron chi connectivity index (χ3n) is 4.47. The average Bonchev–Trinajstić information content (AvgIpc) is 3.34. The molecule has 2 aliphatic carbocycles. The SMILES string of the molecule is C1CC1.NCc1cc2c(cc1Cl)CC(CCCB(O)O)C2C(=O)O. The Morgan fingerprint density at radius 3 is 2.46 bits per heavy atom. The highest BCUT2D eigenvalue weighted by molar-refractivity contribution is 6.40. The summed E-state index contributed by atoms with van der Waals surface area (Å²) in [5, 5.41) is 27.9. The number of rotatable bonds is 6. The summed E-state index contributed by atoms with van der Waals surface area (Å²) in [7, 11) is -1.34. The highest BCUT2D eigenvalue weighted by atomic mass is 35.5. The molecule has 0 aromatic heterocycles. The number of carboxylic acid groups (broad SMARTS) is 1. The van der Waals surface area contributed by atoms with Crippen LogP contribution in [-0.2, 0) is 17.8 Å². The summed E-state index contributed by atoms with van der Waals surface area (Å²) in [6.45, 7) is 0.278. The lowest BCUT2D eigenvalue weighted by molar-refractivity contribution is -0.139. The van der Waals surface area contributed by atoms with Crippen LogP contribution in [0.3, 0.4) is 0 Å². The Morgan fingerprint density at radius 1 is 1.29 bits per heavy atom. The largest absolute Gasteiger partial charge is 0.481 e. The fourth-order valence-corrected chi connectivity index (χ4v) is 3.38. The van der Waals surface area contributed by atoms with E-state index in [4.69, 9.17) is 27.4 Å². The first kappa shape index (κ1) is 19.3. The van der Waals surface area contributed by atoms with Crippen molar-refractivity contribution in [3.05, 3.63) is 33.8 Å². The lowest BCUT2D eigenvalue weighted by Gasteiger charge is -2.16. The lowest BCUT2D eigenvalue weighted by Crippen LogP contribution is -2.19. The second-order valence-corrected chi connectivity index (χ2v) is 7.01. The molecule has 2 atom stereocenters. The van der Waals surface area contributed by atoms with Crippen molar-refractivity contribution in [1.82, 2.24) is 0 Å². The number of fused-ring (bicyclic) bond motifs is 1. The molecule has 1 aromatic carbocycles. The van der Waals surface area contributed by atoms with Crippen molar-refractivity contribution in [3.63, 3.8) is 0 Å². The molecular weight excluding hydrogens is 328 g/mol. The number of hydrogen-bond donors (Lipinski definition) is 4. The molecule has 0 radical (unpaired) electrons. The quantitative estimate of drug-likeness (QED) is 0.588. The maximum atomic E-state index is 11.6. The van der Waals surface area contributed by atoms with Gasteiger partial charge in [0.1, 0.15) is 0 Å². The van der Waals surface area contributed by atoms with Gasteiger partial charge in [-0.15, -0.1) is 0 Å². The molecule has 7 heteroatoms. The van der Waals surface area contributed by atoms with Crippen LogP contribution in [0.15, 0.2) is 12.1 Å². The van der Waals surface area contributed by atoms with Gasteiger partial charge < -0.3 is 20.9 Å². The highest BCUT2D eigenvalue weighted by Crippen LogP contribution is 2.42. The summed E-state index contributed by atoms with van der Waals surface area (Å²) in [4.78, 5) is 11.6. The van der Waals surface area contributed by atoms with Crippen molar-refractivity contribution in [1.29, 1.82) is 0 Å². The lowest BCUT2D eigenvalue weighted by atomic mass is 9.80. The second kappa shape index (κ2) is 8.86. The molecule has 0 amide bonds. The van der Waals surface area contributed by atoms with E-state index in [1.54, 1.807) is 6.07 Å². The van der Waals surface area contributed by atoms with Gasteiger partial charge in [-0.1, -0.05) is 43.4 Å². The number of nitrogens with two attached hydrogens (primary N) is 1. The molecule has 132 valence electrons. The second-order valence-electron chi connectivity index (χ2n) is 6.60. The minimum atomic E-state index is -1.34. The van der Waals surface area contributed by atoms with Crippen molar-refractivity contribution in [2.45, 2.75) is 57.3 Å². The van der Waals surface area contributed by atoms with Crippen molar-refractivity contribution < 1.29 is 19.9 Å². The minimum absolute atomic E-state index is 0.0414. The Morgan fingerprint density at radius 2 is 1.96 bits per heavy atom. The third kappa shape index (κ3) is 5.21. The first-order valence-corrected chi connectivity index (χ1v) is 8.92. The van der Waals surface area contributed by atoms with Crippen LogP contribution >= 0.6 is 11.6 Å². The first-order valence-electron chi connectivity index (χ1n) is 8.54. The summed E-state index contributed by atoms with van der Waals surface area (Å²) in [5.41, 5.74) is 8.14. The van der Waals surface area contributed by atoms with Gasteiger partial charge in [-0.2, -0.15) is 0 Å². The van der Waals surface area contributed by atoms with Gasteiger partial charge in [-0.3, -0.25) is 4.79 Å². The molecular formula is C17H25BClNO4. The van der Waals surface area contributed by atoms with Crippen LogP contribution in [0.1, 0.15) is 54.7 Å². The van der Waals surface area contributed by atoms with E-state index in [1.165, 1.54) is 19.3 Å². The normalized spacial score (nSPS) is 20.8. The van der Waals surface area contributed by atoms with E-state index in [9.17, 15) is 9.90 Å². The van der Waals surface area contributed by atoms with E-state index >= 15 is 0 Å². The van der Waals surface area contributed by atoms with Crippen LogP contribution in [0.5, 0.6) is 0 Å². The van der Waals surface area contributed by atoms with Crippen LogP contribution < -0.4 is 5.73 Å². The zero-order chi connectivity index (χ0) is 17.7. The van der Waals surface area contributed by atoms with Crippen LogP contribution in [-0.4, -0.2) is 28.2 Å². The summed E-state index contributed by atoms with van der Waals surface area (Å²) in [6, 6.07) is 3.62. The number of hydrogen-bond acceptors (Lipinski definition) is 4. The molecule has 24 heavy (non-hydrogen) atoms. The van der Waals surface area contributed by atoms with Gasteiger partial charge in [-0.05, 0) is 47.8 Å². The number of carbonyl (C=O) groups is 1. The first-order chi connectivity index (χ1) is 11.4. The maximum Gasteiger partial charge on any atom is 0.451 e. The zero-order valence-electron chi connectivity index (χ0n) is 13.7. The highest BCUT2D eigenvalue weighted by Gasteiger charge is 2.37. The number of benzene rings is 1. The monoisotopic (exact) mass is 353 g/mol. The summed E-state index contributed by atoms with van der Waals surface area (Å²) in [6.07, 6.45) is 6.63. The third-order valence-corrected chi connectivity index (χ3v) is 4.83. The molecule has 2 unspecified atom stereocenters. The van der Waals surface area contributed by atoms with E-state index in [-0.39, 0.29) is 18.8 Å². The van der Waals surface area contributed by atoms with Gasteiger partial charge in [0.2, 0.25) is 0 Å². The van der Waals surface area contributed by atoms with E-state index < -0.39 is 19.0 Å². The van der Waals surface area contributed by atoms with E-state index in [2.05, 4.69) is 0 Å². The molecule has 1 fully saturated rings. The van der Waals surface area contributed by atoms with E-state index in [0.717, 1.165) is 16.7 Å². The molecule has 0 aliphatic heterocycles. The molecule has 2 aliphatic rings. The van der Waals surface area contributed by atoms with Crippen LogP contribution in [0.2, 0.25) is 11.3 Å². The van der Waals surface area contributed by atoms with Gasteiger partial charge in [0.05, 0.1) is 5.92 Å². The molecule has 0 saturated heterocycles. The van der Waals surface area contributed by atoms with Gasteiger partial charge in [-0.25, -0.2) is 0 Å². The van der Waals surface area contributed by atoms with Gasteiger partial charge >= 0.3 is 13.1 Å². The van der Waals surface area contributed by atoms with Gasteiger partial charge in [0.15, 0.2) is 0 Å². The molecule has 1 saturated carbocycles. The minimum Gasteiger partial charge on any atom is -0.481 e. The van der Waals surface area contributed by atoms with Crippen LogP contribution in [0.25, 0.3) is 0 Å². The Kier molecular flexibility index (Phi) is 7.10. The Bertz CT molecular complexity index is 577. The van der Waals surface area contributed by atoms with E-state index in [0.29, 0.717) is 24.3 Å². The van der Waals surface area contributed by atoms with Crippen molar-refractivity contribution >= 4 is 24.7 Å². The number of aliphatic carboxylic acids is 1. The molecule has 0 heterocycles. The summed E-state index contributed by atoms with van der Waals surface area (Å²) >= 11 is 6.14. The standard InChI is InChI=1S/C14H19BClNO4.C3H6/c16-12-6-9-4-8(2-1-3-15(20)21)13(14(18)19)11(9)5-10(12)7-17;1-2-3-1/h5-6,8,13,20-21H,1-4,7,17H2,(H,18,19);1-3H2. The predicted molar refractivity (Wildman–Crippen MR) is 95.0 cm³/mol. The molecule has 1 aromatic rings. The molecule has 0 bridgehead atoms. The van der Waals surface area contributed by atoms with Crippen molar-refractivity contribution in [3.8, 4) is 0 Å². The topological polar surface area (TPSA) is 104 Å². The fraction of sp³-hybridized carbons (Fsp3) is 0.588. The van der Waals surface area contributed by atoms with Crippen LogP contribution in [0.4, 0.5) is 0 Å². The van der Waals surface area contributed by atoms with Crippen molar-refractivity contribution in [2.75, 3.05) is 0 Å². The summed E-state index contributed by atoms with van der Waals surface area (Å²) in [5.74, 6) is -1.47. The zero-order valence-corrected chi connectivity index (χ0v) is 14.5. The Balaban J connectivity index is 0.000000623.